The number of ether oxygens (including phenoxy) is 1. The maximum atomic E-state index is 5.54. The summed E-state index contributed by atoms with van der Waals surface area (Å²) in [7, 11) is 0. The Hall–Kier alpha value is -1.21. The van der Waals surface area contributed by atoms with Gasteiger partial charge in [-0.15, -0.1) is 0 Å². The van der Waals surface area contributed by atoms with E-state index in [9.17, 15) is 0 Å². The first-order chi connectivity index (χ1) is 7.78. The van der Waals surface area contributed by atoms with Gasteiger partial charge in [0.05, 0.1) is 18.1 Å². The standard InChI is InChI=1S/C11H10IN3O/c12-8-2-1-3-10(4-8)16-11-7-14-9(5-13)6-15-11/h1-4,6-7H,5,13H2. The first kappa shape index (κ1) is 11.3. The van der Waals surface area contributed by atoms with Crippen molar-refractivity contribution in [2.45, 2.75) is 6.54 Å². The summed E-state index contributed by atoms with van der Waals surface area (Å²) in [5, 5.41) is 0. The molecule has 0 spiro atoms. The molecule has 2 aromatic rings. The summed E-state index contributed by atoms with van der Waals surface area (Å²) in [5.74, 6) is 1.22. The lowest BCUT2D eigenvalue weighted by molar-refractivity contribution is 0.459. The number of halogens is 1. The van der Waals surface area contributed by atoms with Gasteiger partial charge in [0.15, 0.2) is 0 Å². The van der Waals surface area contributed by atoms with Gasteiger partial charge in [-0.25, -0.2) is 4.98 Å². The SMILES string of the molecule is NCc1cnc(Oc2cccc(I)c2)cn1. The van der Waals surface area contributed by atoms with Crippen LogP contribution in [-0.4, -0.2) is 9.97 Å². The van der Waals surface area contributed by atoms with Crippen molar-refractivity contribution in [3.8, 4) is 11.6 Å². The predicted molar refractivity (Wildman–Crippen MR) is 69.2 cm³/mol. The normalized spacial score (nSPS) is 10.1. The molecule has 1 aromatic heterocycles. The van der Waals surface area contributed by atoms with Gasteiger partial charge in [-0.1, -0.05) is 6.07 Å². The number of hydrogen-bond acceptors (Lipinski definition) is 4. The lowest BCUT2D eigenvalue weighted by atomic mass is 10.3. The minimum absolute atomic E-state index is 0.385. The fourth-order valence-corrected chi connectivity index (χ4v) is 1.67. The van der Waals surface area contributed by atoms with E-state index >= 15 is 0 Å². The van der Waals surface area contributed by atoms with Crippen LogP contribution in [0.3, 0.4) is 0 Å². The zero-order chi connectivity index (χ0) is 11.4. The minimum Gasteiger partial charge on any atom is -0.437 e. The Morgan fingerprint density at radius 1 is 1.25 bits per heavy atom. The highest BCUT2D eigenvalue weighted by Gasteiger charge is 2.00. The molecule has 0 fully saturated rings. The predicted octanol–water partition coefficient (Wildman–Crippen LogP) is 2.33. The zero-order valence-electron chi connectivity index (χ0n) is 8.43. The third-order valence-corrected chi connectivity index (χ3v) is 2.58. The van der Waals surface area contributed by atoms with E-state index in [1.54, 1.807) is 12.4 Å². The molecule has 1 heterocycles. The summed E-state index contributed by atoms with van der Waals surface area (Å²) in [6.07, 6.45) is 3.19. The molecule has 0 unspecified atom stereocenters. The Labute approximate surface area is 107 Å². The van der Waals surface area contributed by atoms with Crippen LogP contribution in [0.25, 0.3) is 0 Å². The molecular weight excluding hydrogens is 317 g/mol. The van der Waals surface area contributed by atoms with Gasteiger partial charge in [0.2, 0.25) is 5.88 Å². The summed E-state index contributed by atoms with van der Waals surface area (Å²) in [4.78, 5) is 8.21. The number of aromatic nitrogens is 2. The molecule has 2 rings (SSSR count). The van der Waals surface area contributed by atoms with Crippen LogP contribution in [0.1, 0.15) is 5.69 Å². The van der Waals surface area contributed by atoms with E-state index in [1.165, 1.54) is 0 Å². The molecule has 0 bridgehead atoms. The number of benzene rings is 1. The first-order valence-corrected chi connectivity index (χ1v) is 5.80. The molecule has 5 heteroatoms. The molecule has 0 amide bonds. The Morgan fingerprint density at radius 3 is 2.75 bits per heavy atom. The second kappa shape index (κ2) is 5.22. The molecule has 0 aliphatic carbocycles. The Morgan fingerprint density at radius 2 is 2.12 bits per heavy atom. The molecule has 0 aliphatic heterocycles. The Balaban J connectivity index is 2.14. The number of nitrogens with two attached hydrogens (primary N) is 1. The first-order valence-electron chi connectivity index (χ1n) is 4.72. The highest BCUT2D eigenvalue weighted by atomic mass is 127. The summed E-state index contributed by atoms with van der Waals surface area (Å²) in [6, 6.07) is 7.73. The van der Waals surface area contributed by atoms with Crippen LogP contribution in [-0.2, 0) is 6.54 Å². The van der Waals surface area contributed by atoms with Gasteiger partial charge in [-0.05, 0) is 40.8 Å². The van der Waals surface area contributed by atoms with Gasteiger partial charge in [0, 0.05) is 10.1 Å². The molecule has 0 saturated carbocycles. The van der Waals surface area contributed by atoms with E-state index < -0.39 is 0 Å². The Bertz CT molecular complexity index is 473. The summed E-state index contributed by atoms with van der Waals surface area (Å²) in [6.45, 7) is 0.385. The molecule has 2 N–H and O–H groups in total. The van der Waals surface area contributed by atoms with Crippen molar-refractivity contribution in [3.05, 3.63) is 45.9 Å². The van der Waals surface area contributed by atoms with Crippen molar-refractivity contribution in [1.82, 2.24) is 9.97 Å². The van der Waals surface area contributed by atoms with Gasteiger partial charge < -0.3 is 10.5 Å². The average molecular weight is 327 g/mol. The lowest BCUT2D eigenvalue weighted by Gasteiger charge is -2.04. The zero-order valence-corrected chi connectivity index (χ0v) is 10.6. The van der Waals surface area contributed by atoms with Crippen molar-refractivity contribution < 1.29 is 4.74 Å². The van der Waals surface area contributed by atoms with E-state index in [-0.39, 0.29) is 0 Å². The maximum Gasteiger partial charge on any atom is 0.237 e. The van der Waals surface area contributed by atoms with Crippen LogP contribution in [0.5, 0.6) is 11.6 Å². The molecule has 4 nitrogen and oxygen atoms in total. The topological polar surface area (TPSA) is 61.0 Å². The lowest BCUT2D eigenvalue weighted by Crippen LogP contribution is -2.00. The molecule has 0 aliphatic rings. The molecule has 0 atom stereocenters. The van der Waals surface area contributed by atoms with Gasteiger partial charge >= 0.3 is 0 Å². The van der Waals surface area contributed by atoms with Crippen molar-refractivity contribution in [2.75, 3.05) is 0 Å². The smallest absolute Gasteiger partial charge is 0.237 e. The fourth-order valence-electron chi connectivity index (χ4n) is 1.15. The molecule has 0 radical (unpaired) electrons. The van der Waals surface area contributed by atoms with Crippen LogP contribution in [0.2, 0.25) is 0 Å². The van der Waals surface area contributed by atoms with Crippen LogP contribution < -0.4 is 10.5 Å². The Kier molecular flexibility index (Phi) is 3.68. The third-order valence-electron chi connectivity index (χ3n) is 1.91. The second-order valence-corrected chi connectivity index (χ2v) is 4.36. The maximum absolute atomic E-state index is 5.54. The van der Waals surface area contributed by atoms with E-state index in [0.717, 1.165) is 15.0 Å². The van der Waals surface area contributed by atoms with Crippen LogP contribution in [0.15, 0.2) is 36.7 Å². The second-order valence-electron chi connectivity index (χ2n) is 3.11. The fraction of sp³-hybridized carbons (Fsp3) is 0.0909. The van der Waals surface area contributed by atoms with Gasteiger partial charge in [-0.3, -0.25) is 4.98 Å². The van der Waals surface area contributed by atoms with Crippen molar-refractivity contribution in [3.63, 3.8) is 0 Å². The van der Waals surface area contributed by atoms with E-state index in [0.29, 0.717) is 12.4 Å². The summed E-state index contributed by atoms with van der Waals surface area (Å²) in [5.41, 5.74) is 6.17. The van der Waals surface area contributed by atoms with Crippen LogP contribution >= 0.6 is 22.6 Å². The average Bonchev–Trinajstić information content (AvgIpc) is 2.30. The van der Waals surface area contributed by atoms with Gasteiger partial charge in [0.1, 0.15) is 5.75 Å². The van der Waals surface area contributed by atoms with Crippen LogP contribution in [0.4, 0.5) is 0 Å². The largest absolute Gasteiger partial charge is 0.437 e. The quantitative estimate of drug-likeness (QED) is 0.879. The summed E-state index contributed by atoms with van der Waals surface area (Å²) >= 11 is 2.23. The molecule has 16 heavy (non-hydrogen) atoms. The van der Waals surface area contributed by atoms with E-state index in [4.69, 9.17) is 10.5 Å². The molecular formula is C11H10IN3O. The van der Waals surface area contributed by atoms with E-state index in [1.807, 2.05) is 24.3 Å². The van der Waals surface area contributed by atoms with Crippen molar-refractivity contribution in [1.29, 1.82) is 0 Å². The molecule has 82 valence electrons. The number of nitrogens with zero attached hydrogens (tertiary/aromatic N) is 2. The monoisotopic (exact) mass is 327 g/mol. The molecule has 0 saturated heterocycles. The molecule has 1 aromatic carbocycles. The third kappa shape index (κ3) is 2.89. The van der Waals surface area contributed by atoms with Crippen molar-refractivity contribution >= 4 is 22.6 Å². The van der Waals surface area contributed by atoms with Crippen molar-refractivity contribution in [2.24, 2.45) is 5.73 Å². The van der Waals surface area contributed by atoms with Crippen LogP contribution in [0, 0.1) is 3.57 Å². The number of hydrogen-bond donors (Lipinski definition) is 1. The summed E-state index contributed by atoms with van der Waals surface area (Å²) < 4.78 is 6.65. The highest BCUT2D eigenvalue weighted by Crippen LogP contribution is 2.20. The number of rotatable bonds is 3. The highest BCUT2D eigenvalue weighted by molar-refractivity contribution is 14.1. The van der Waals surface area contributed by atoms with E-state index in [2.05, 4.69) is 32.6 Å². The minimum atomic E-state index is 0.385. The van der Waals surface area contributed by atoms with Gasteiger partial charge in [0.25, 0.3) is 0 Å². The van der Waals surface area contributed by atoms with Gasteiger partial charge in [-0.2, -0.15) is 0 Å².